The Morgan fingerprint density at radius 2 is 1.80 bits per heavy atom. The monoisotopic (exact) mass is 404 g/mol. The third kappa shape index (κ3) is 4.01. The molecule has 5 heteroatoms. The summed E-state index contributed by atoms with van der Waals surface area (Å²) in [7, 11) is 0. The lowest BCUT2D eigenvalue weighted by atomic mass is 10.1. The van der Waals surface area contributed by atoms with Gasteiger partial charge in [0.2, 0.25) is 0 Å². The van der Waals surface area contributed by atoms with Gasteiger partial charge in [0.05, 0.1) is 0 Å². The summed E-state index contributed by atoms with van der Waals surface area (Å²) in [6.45, 7) is 3.55. The molecule has 0 radical (unpaired) electrons. The quantitative estimate of drug-likeness (QED) is 0.426. The maximum Gasteiger partial charge on any atom is 0.189 e. The molecule has 3 aromatic carbocycles. The molecular formula is C25H18F2O3. The van der Waals surface area contributed by atoms with Crippen LogP contribution in [0.4, 0.5) is 8.78 Å². The number of benzene rings is 3. The normalized spacial score (nSPS) is 14.1. The van der Waals surface area contributed by atoms with Crippen molar-refractivity contribution in [1.29, 1.82) is 0 Å². The molecule has 1 aliphatic rings. The third-order valence-electron chi connectivity index (χ3n) is 4.97. The Morgan fingerprint density at radius 3 is 2.50 bits per heavy atom. The first-order valence-corrected chi connectivity index (χ1v) is 9.34. The molecule has 1 aliphatic carbocycles. The van der Waals surface area contributed by atoms with Crippen molar-refractivity contribution in [1.82, 2.24) is 0 Å². The lowest BCUT2D eigenvalue weighted by molar-refractivity contribution is 0.104. The Kier molecular flexibility index (Phi) is 5.19. The first-order chi connectivity index (χ1) is 14.4. The van der Waals surface area contributed by atoms with Gasteiger partial charge in [-0.2, -0.15) is 0 Å². The number of fused-ring (bicyclic) bond motifs is 1. The lowest BCUT2D eigenvalue weighted by Crippen LogP contribution is -1.99. The topological polar surface area (TPSA) is 46.5 Å². The first kappa shape index (κ1) is 19.6. The summed E-state index contributed by atoms with van der Waals surface area (Å²) in [5, 5.41) is 9.42. The van der Waals surface area contributed by atoms with Crippen LogP contribution in [0.2, 0.25) is 0 Å². The van der Waals surface area contributed by atoms with Gasteiger partial charge in [-0.25, -0.2) is 8.78 Å². The fourth-order valence-electron chi connectivity index (χ4n) is 3.35. The van der Waals surface area contributed by atoms with E-state index in [0.29, 0.717) is 34.4 Å². The van der Waals surface area contributed by atoms with Gasteiger partial charge < -0.3 is 9.84 Å². The number of halogens is 2. The van der Waals surface area contributed by atoms with Crippen molar-refractivity contribution in [3.8, 4) is 5.75 Å². The van der Waals surface area contributed by atoms with Gasteiger partial charge in [-0.1, -0.05) is 43.0 Å². The zero-order valence-corrected chi connectivity index (χ0v) is 16.0. The summed E-state index contributed by atoms with van der Waals surface area (Å²) in [5.74, 6) is -1.42. The van der Waals surface area contributed by atoms with E-state index in [0.717, 1.165) is 23.3 Å². The number of rotatable bonds is 5. The smallest absolute Gasteiger partial charge is 0.189 e. The summed E-state index contributed by atoms with van der Waals surface area (Å²) >= 11 is 0. The van der Waals surface area contributed by atoms with Crippen LogP contribution in [0.3, 0.4) is 0 Å². The highest BCUT2D eigenvalue weighted by Crippen LogP contribution is 2.31. The van der Waals surface area contributed by atoms with Crippen LogP contribution < -0.4 is 4.74 Å². The van der Waals surface area contributed by atoms with Crippen molar-refractivity contribution in [2.75, 3.05) is 0 Å². The molecule has 3 aromatic rings. The van der Waals surface area contributed by atoms with Gasteiger partial charge in [0.15, 0.2) is 17.4 Å². The second kappa shape index (κ2) is 7.95. The van der Waals surface area contributed by atoms with E-state index in [4.69, 9.17) is 4.74 Å². The minimum absolute atomic E-state index is 0.00513. The van der Waals surface area contributed by atoms with Crippen LogP contribution in [0, 0.1) is 11.6 Å². The maximum absolute atomic E-state index is 13.3. The summed E-state index contributed by atoms with van der Waals surface area (Å²) in [5.41, 5.74) is 4.12. The minimum atomic E-state index is -0.925. The Hall–Kier alpha value is -3.73. The summed E-state index contributed by atoms with van der Waals surface area (Å²) in [4.78, 5) is 12.8. The highest BCUT2D eigenvalue weighted by atomic mass is 19.2. The molecule has 0 amide bonds. The number of aliphatic hydroxyl groups is 1. The number of hydrogen-bond donors (Lipinski definition) is 1. The van der Waals surface area contributed by atoms with Gasteiger partial charge in [-0.3, -0.25) is 4.79 Å². The van der Waals surface area contributed by atoms with Crippen molar-refractivity contribution in [3.63, 3.8) is 0 Å². The van der Waals surface area contributed by atoms with Gasteiger partial charge in [0.25, 0.3) is 0 Å². The average Bonchev–Trinajstić information content (AvgIpc) is 3.04. The Morgan fingerprint density at radius 1 is 1.03 bits per heavy atom. The van der Waals surface area contributed by atoms with Crippen LogP contribution in [0.15, 0.2) is 72.8 Å². The highest BCUT2D eigenvalue weighted by Gasteiger charge is 2.25. The van der Waals surface area contributed by atoms with Crippen LogP contribution in [0.5, 0.6) is 5.75 Å². The van der Waals surface area contributed by atoms with E-state index in [1.165, 1.54) is 6.07 Å². The SMILES string of the molecule is C=C(O)c1ccc(/C=C2\Cc3ccc(OCc4ccc(F)c(F)c4)cc3C2=O)cc1. The van der Waals surface area contributed by atoms with Gasteiger partial charge in [-0.15, -0.1) is 0 Å². The fraction of sp³-hybridized carbons (Fsp3) is 0.0800. The van der Waals surface area contributed by atoms with Crippen molar-refractivity contribution < 1.29 is 23.4 Å². The van der Waals surface area contributed by atoms with Crippen LogP contribution in [-0.2, 0) is 13.0 Å². The molecule has 150 valence electrons. The Bertz CT molecular complexity index is 1180. The molecule has 30 heavy (non-hydrogen) atoms. The number of hydrogen-bond acceptors (Lipinski definition) is 3. The molecule has 0 unspecified atom stereocenters. The number of ketones is 1. The first-order valence-electron chi connectivity index (χ1n) is 9.34. The molecule has 4 rings (SSSR count). The van der Waals surface area contributed by atoms with Gasteiger partial charge in [0, 0.05) is 23.1 Å². The molecule has 0 saturated carbocycles. The number of ether oxygens (including phenoxy) is 1. The van der Waals surface area contributed by atoms with E-state index in [2.05, 4.69) is 6.58 Å². The molecule has 3 nitrogen and oxygen atoms in total. The third-order valence-corrected chi connectivity index (χ3v) is 4.97. The van der Waals surface area contributed by atoms with E-state index in [1.54, 1.807) is 24.3 Å². The largest absolute Gasteiger partial charge is 0.508 e. The minimum Gasteiger partial charge on any atom is -0.508 e. The van der Waals surface area contributed by atoms with Crippen molar-refractivity contribution in [2.45, 2.75) is 13.0 Å². The number of Topliss-reactive ketones (excluding diaryl/α,β-unsaturated/α-hetero) is 1. The number of allylic oxidation sites excluding steroid dienone is 1. The average molecular weight is 404 g/mol. The zero-order chi connectivity index (χ0) is 21.3. The summed E-state index contributed by atoms with van der Waals surface area (Å²) in [6, 6.07) is 16.0. The molecular weight excluding hydrogens is 386 g/mol. The molecule has 0 aliphatic heterocycles. The van der Waals surface area contributed by atoms with Crippen LogP contribution in [0.25, 0.3) is 11.8 Å². The van der Waals surface area contributed by atoms with Crippen molar-refractivity contribution in [2.24, 2.45) is 0 Å². The zero-order valence-electron chi connectivity index (χ0n) is 16.0. The van der Waals surface area contributed by atoms with Crippen molar-refractivity contribution >= 4 is 17.6 Å². The highest BCUT2D eigenvalue weighted by molar-refractivity contribution is 6.15. The predicted octanol–water partition coefficient (Wildman–Crippen LogP) is 5.89. The van der Waals surface area contributed by atoms with E-state index in [-0.39, 0.29) is 18.1 Å². The Labute approximate surface area is 172 Å². The van der Waals surface area contributed by atoms with Crippen LogP contribution >= 0.6 is 0 Å². The van der Waals surface area contributed by atoms with Crippen LogP contribution in [-0.4, -0.2) is 10.9 Å². The second-order valence-corrected chi connectivity index (χ2v) is 7.10. The second-order valence-electron chi connectivity index (χ2n) is 7.10. The molecule has 0 aromatic heterocycles. The molecule has 0 saturated heterocycles. The Balaban J connectivity index is 1.49. The van der Waals surface area contributed by atoms with Gasteiger partial charge >= 0.3 is 0 Å². The maximum atomic E-state index is 13.3. The van der Waals surface area contributed by atoms with E-state index >= 15 is 0 Å². The number of carbonyl (C=O) groups is 1. The molecule has 0 atom stereocenters. The summed E-state index contributed by atoms with van der Waals surface area (Å²) < 4.78 is 32.0. The molecule has 0 spiro atoms. The van der Waals surface area contributed by atoms with E-state index in [1.807, 2.05) is 24.3 Å². The lowest BCUT2D eigenvalue weighted by Gasteiger charge is -2.08. The molecule has 1 N–H and O–H groups in total. The standard InChI is InChI=1S/C25H18F2O3/c1-15(28)18-5-2-16(3-6-18)10-20-12-19-7-8-21(13-22(19)25(20)29)30-14-17-4-9-23(26)24(27)11-17/h2-11,13,28H,1,12,14H2/b20-10+. The number of aliphatic hydroxyl groups excluding tert-OH is 1. The number of carbonyl (C=O) groups excluding carboxylic acids is 1. The summed E-state index contributed by atoms with van der Waals surface area (Å²) in [6.07, 6.45) is 2.35. The molecule has 0 bridgehead atoms. The van der Waals surface area contributed by atoms with Gasteiger partial charge in [0.1, 0.15) is 18.1 Å². The van der Waals surface area contributed by atoms with E-state index < -0.39 is 11.6 Å². The fourth-order valence-corrected chi connectivity index (χ4v) is 3.35. The molecule has 0 fully saturated rings. The predicted molar refractivity (Wildman–Crippen MR) is 111 cm³/mol. The van der Waals surface area contributed by atoms with E-state index in [9.17, 15) is 18.7 Å². The molecule has 0 heterocycles. The van der Waals surface area contributed by atoms with Crippen LogP contribution in [0.1, 0.15) is 32.6 Å². The van der Waals surface area contributed by atoms with Crippen molar-refractivity contribution in [3.05, 3.63) is 112 Å². The van der Waals surface area contributed by atoms with Gasteiger partial charge in [-0.05, 0) is 47.0 Å².